The maximum Gasteiger partial charge on any atom is 0.227 e. The van der Waals surface area contributed by atoms with Crippen molar-refractivity contribution >= 4 is 16.7 Å². The van der Waals surface area contributed by atoms with Crippen molar-refractivity contribution in [2.75, 3.05) is 19.1 Å². The minimum atomic E-state index is 0.779. The largest absolute Gasteiger partial charge is 0.497 e. The van der Waals surface area contributed by atoms with Gasteiger partial charge in [-0.3, -0.25) is 0 Å². The Hall–Kier alpha value is -1.69. The van der Waals surface area contributed by atoms with Crippen LogP contribution >= 0.6 is 11.5 Å². The number of hydrogen-bond donors (Lipinski definition) is 0. The summed E-state index contributed by atoms with van der Waals surface area (Å²) in [6, 6.07) is 7.96. The summed E-state index contributed by atoms with van der Waals surface area (Å²) in [6.45, 7) is 0.779. The Morgan fingerprint density at radius 2 is 2.06 bits per heavy atom. The number of nitrogens with zero attached hydrogens (tertiary/aromatic N) is 4. The molecule has 0 aliphatic rings. The molecule has 0 atom stereocenters. The molecular formula is C10H12N4OS. The number of hydrogen-bond acceptors (Lipinski definition) is 6. The van der Waals surface area contributed by atoms with E-state index in [9.17, 15) is 0 Å². The van der Waals surface area contributed by atoms with E-state index in [1.165, 1.54) is 17.1 Å². The standard InChI is InChI=1S/C10H12N4OS/c1-14(10-11-12-13-16-10)7-8-3-5-9(15-2)6-4-8/h3-6H,7H2,1-2H3. The molecule has 16 heavy (non-hydrogen) atoms. The van der Waals surface area contributed by atoms with Crippen LogP contribution in [0.5, 0.6) is 5.75 Å². The highest BCUT2D eigenvalue weighted by Crippen LogP contribution is 2.16. The fourth-order valence-electron chi connectivity index (χ4n) is 1.35. The van der Waals surface area contributed by atoms with Gasteiger partial charge in [-0.2, -0.15) is 0 Å². The molecule has 0 spiro atoms. The lowest BCUT2D eigenvalue weighted by atomic mass is 10.2. The van der Waals surface area contributed by atoms with Crippen LogP contribution in [0.4, 0.5) is 5.13 Å². The van der Waals surface area contributed by atoms with Gasteiger partial charge >= 0.3 is 0 Å². The summed E-state index contributed by atoms with van der Waals surface area (Å²) in [5.41, 5.74) is 1.19. The number of methoxy groups -OCH3 is 1. The minimum Gasteiger partial charge on any atom is -0.497 e. The van der Waals surface area contributed by atoms with Crippen molar-refractivity contribution in [1.82, 2.24) is 14.8 Å². The molecular weight excluding hydrogens is 224 g/mol. The summed E-state index contributed by atoms with van der Waals surface area (Å²) >= 11 is 1.29. The number of benzene rings is 1. The molecule has 1 aromatic carbocycles. The molecule has 0 amide bonds. The smallest absolute Gasteiger partial charge is 0.227 e. The minimum absolute atomic E-state index is 0.779. The van der Waals surface area contributed by atoms with Crippen molar-refractivity contribution in [3.05, 3.63) is 29.8 Å². The molecule has 6 heteroatoms. The van der Waals surface area contributed by atoms with Crippen LogP contribution < -0.4 is 9.64 Å². The molecule has 0 fully saturated rings. The van der Waals surface area contributed by atoms with Gasteiger partial charge < -0.3 is 9.64 Å². The Morgan fingerprint density at radius 3 is 2.62 bits per heavy atom. The highest BCUT2D eigenvalue weighted by Gasteiger charge is 2.05. The maximum atomic E-state index is 5.10. The van der Waals surface area contributed by atoms with E-state index < -0.39 is 0 Å². The molecule has 2 aromatic rings. The van der Waals surface area contributed by atoms with Gasteiger partial charge in [0, 0.05) is 25.1 Å². The molecule has 0 aliphatic heterocycles. The van der Waals surface area contributed by atoms with Crippen molar-refractivity contribution in [3.63, 3.8) is 0 Å². The van der Waals surface area contributed by atoms with Gasteiger partial charge in [0.25, 0.3) is 0 Å². The predicted molar refractivity (Wildman–Crippen MR) is 62.8 cm³/mol. The average Bonchev–Trinajstić information content (AvgIpc) is 2.83. The molecule has 0 aliphatic carbocycles. The fraction of sp³-hybridized carbons (Fsp3) is 0.300. The second-order valence-electron chi connectivity index (χ2n) is 3.35. The third kappa shape index (κ3) is 2.46. The molecule has 0 unspecified atom stereocenters. The predicted octanol–water partition coefficient (Wildman–Crippen LogP) is 1.58. The van der Waals surface area contributed by atoms with Gasteiger partial charge in [0.15, 0.2) is 0 Å². The first kappa shape index (κ1) is 10.8. The molecule has 1 aromatic heterocycles. The van der Waals surface area contributed by atoms with Gasteiger partial charge in [-0.15, -0.1) is 0 Å². The summed E-state index contributed by atoms with van der Waals surface area (Å²) in [6.07, 6.45) is 0. The highest BCUT2D eigenvalue weighted by molar-refractivity contribution is 7.09. The lowest BCUT2D eigenvalue weighted by Gasteiger charge is -2.14. The Balaban J connectivity index is 2.03. The van der Waals surface area contributed by atoms with E-state index in [-0.39, 0.29) is 0 Å². The summed E-state index contributed by atoms with van der Waals surface area (Å²) in [7, 11) is 3.63. The van der Waals surface area contributed by atoms with Crippen molar-refractivity contribution in [1.29, 1.82) is 0 Å². The van der Waals surface area contributed by atoms with Crippen molar-refractivity contribution in [3.8, 4) is 5.75 Å². The van der Waals surface area contributed by atoms with Gasteiger partial charge in [0.1, 0.15) is 5.75 Å². The van der Waals surface area contributed by atoms with Gasteiger partial charge in [-0.25, -0.2) is 0 Å². The van der Waals surface area contributed by atoms with E-state index in [0.29, 0.717) is 0 Å². The average molecular weight is 236 g/mol. The molecule has 5 nitrogen and oxygen atoms in total. The molecule has 1 heterocycles. The summed E-state index contributed by atoms with van der Waals surface area (Å²) < 4.78 is 8.83. The van der Waals surface area contributed by atoms with Crippen LogP contribution in [-0.2, 0) is 6.54 Å². The van der Waals surface area contributed by atoms with E-state index in [1.54, 1.807) is 7.11 Å². The molecule has 0 saturated heterocycles. The van der Waals surface area contributed by atoms with Crippen LogP contribution in [-0.4, -0.2) is 29.0 Å². The lowest BCUT2D eigenvalue weighted by molar-refractivity contribution is 0.414. The van der Waals surface area contributed by atoms with Gasteiger partial charge in [0.2, 0.25) is 5.13 Å². The number of rotatable bonds is 4. The zero-order chi connectivity index (χ0) is 11.4. The molecule has 0 saturated carbocycles. The van der Waals surface area contributed by atoms with Crippen molar-refractivity contribution in [2.45, 2.75) is 6.54 Å². The third-order valence-electron chi connectivity index (χ3n) is 2.19. The van der Waals surface area contributed by atoms with E-state index in [2.05, 4.69) is 14.8 Å². The Labute approximate surface area is 97.8 Å². The maximum absolute atomic E-state index is 5.10. The van der Waals surface area contributed by atoms with E-state index >= 15 is 0 Å². The van der Waals surface area contributed by atoms with Gasteiger partial charge in [0.05, 0.1) is 7.11 Å². The number of ether oxygens (including phenoxy) is 1. The zero-order valence-corrected chi connectivity index (χ0v) is 9.94. The van der Waals surface area contributed by atoms with E-state index in [0.717, 1.165) is 17.4 Å². The normalized spacial score (nSPS) is 10.1. The van der Waals surface area contributed by atoms with E-state index in [1.807, 2.05) is 36.2 Å². The van der Waals surface area contributed by atoms with Crippen molar-refractivity contribution < 1.29 is 4.74 Å². The number of anilines is 1. The SMILES string of the molecule is COc1ccc(CN(C)c2nnns2)cc1. The zero-order valence-electron chi connectivity index (χ0n) is 9.12. The first-order valence-electron chi connectivity index (χ1n) is 4.78. The molecule has 0 radical (unpaired) electrons. The Kier molecular flexibility index (Phi) is 3.31. The van der Waals surface area contributed by atoms with Gasteiger partial charge in [-0.05, 0) is 22.9 Å². The fourth-order valence-corrected chi connectivity index (χ4v) is 1.77. The van der Waals surface area contributed by atoms with Gasteiger partial charge in [-0.1, -0.05) is 21.7 Å². The number of aromatic nitrogens is 3. The summed E-state index contributed by atoms with van der Waals surface area (Å²) in [5.74, 6) is 0.865. The second kappa shape index (κ2) is 4.89. The molecule has 2 rings (SSSR count). The first-order valence-corrected chi connectivity index (χ1v) is 5.56. The van der Waals surface area contributed by atoms with Crippen LogP contribution in [0.25, 0.3) is 0 Å². The summed E-state index contributed by atoms with van der Waals surface area (Å²) in [5, 5.41) is 8.29. The molecule has 0 bridgehead atoms. The third-order valence-corrected chi connectivity index (χ3v) is 2.91. The lowest BCUT2D eigenvalue weighted by Crippen LogP contribution is -2.15. The van der Waals surface area contributed by atoms with E-state index in [4.69, 9.17) is 4.74 Å². The molecule has 84 valence electrons. The quantitative estimate of drug-likeness (QED) is 0.806. The van der Waals surface area contributed by atoms with Crippen LogP contribution in [0.2, 0.25) is 0 Å². The molecule has 0 N–H and O–H groups in total. The van der Waals surface area contributed by atoms with Crippen molar-refractivity contribution in [2.24, 2.45) is 0 Å². The topological polar surface area (TPSA) is 51.1 Å². The summed E-state index contributed by atoms with van der Waals surface area (Å²) in [4.78, 5) is 2.01. The highest BCUT2D eigenvalue weighted by atomic mass is 32.1. The Morgan fingerprint density at radius 1 is 1.31 bits per heavy atom. The van der Waals surface area contributed by atoms with Crippen LogP contribution in [0, 0.1) is 0 Å². The van der Waals surface area contributed by atoms with Crippen LogP contribution in [0.1, 0.15) is 5.56 Å². The second-order valence-corrected chi connectivity index (χ2v) is 4.06. The Bertz CT molecular complexity index is 429. The monoisotopic (exact) mass is 236 g/mol. The van der Waals surface area contributed by atoms with Crippen LogP contribution in [0.3, 0.4) is 0 Å². The van der Waals surface area contributed by atoms with Crippen LogP contribution in [0.15, 0.2) is 24.3 Å². The first-order chi connectivity index (χ1) is 7.79.